The fourth-order valence-corrected chi connectivity index (χ4v) is 7.23. The van der Waals surface area contributed by atoms with Crippen molar-refractivity contribution in [3.05, 3.63) is 58.7 Å². The smallest absolute Gasteiger partial charge is 0.245 e. The average molecular weight is 587 g/mol. The normalized spacial score (nSPS) is 17.7. The molecule has 1 aromatic heterocycles. The summed E-state index contributed by atoms with van der Waals surface area (Å²) in [6.07, 6.45) is 6.94. The van der Waals surface area contributed by atoms with Crippen molar-refractivity contribution >= 4 is 44.8 Å². The maximum Gasteiger partial charge on any atom is 0.245 e. The van der Waals surface area contributed by atoms with Crippen LogP contribution in [-0.2, 0) is 22.9 Å². The second-order valence-electron chi connectivity index (χ2n) is 10.0. The maximum absolute atomic E-state index is 13.3. The molecule has 0 bridgehead atoms. The Balaban J connectivity index is 1.40. The largest absolute Gasteiger partial charge is 0.494 e. The summed E-state index contributed by atoms with van der Waals surface area (Å²) in [4.78, 5) is 9.11. The van der Waals surface area contributed by atoms with Gasteiger partial charge in [0.05, 0.1) is 31.3 Å². The molecule has 1 atom stereocenters. The van der Waals surface area contributed by atoms with E-state index in [0.717, 1.165) is 55.5 Å². The molecule has 1 saturated heterocycles. The number of nitrogens with zero attached hydrogens (tertiary/aromatic N) is 3. The fourth-order valence-electron chi connectivity index (χ4n) is 5.43. The second-order valence-corrected chi connectivity index (χ2v) is 12.3. The van der Waals surface area contributed by atoms with Gasteiger partial charge in [-0.3, -0.25) is 0 Å². The zero-order chi connectivity index (χ0) is 28.1. The molecule has 1 aliphatic carbocycles. The molecule has 1 unspecified atom stereocenters. The first-order chi connectivity index (χ1) is 19.4. The molecule has 40 heavy (non-hydrogen) atoms. The van der Waals surface area contributed by atoms with Crippen molar-refractivity contribution in [3.63, 3.8) is 0 Å². The zero-order valence-electron chi connectivity index (χ0n) is 22.5. The summed E-state index contributed by atoms with van der Waals surface area (Å²) in [5, 5.41) is 19.2. The molecule has 2 heterocycles. The Kier molecular flexibility index (Phi) is 9.07. The molecule has 10 nitrogen and oxygen atoms in total. The van der Waals surface area contributed by atoms with E-state index in [-0.39, 0.29) is 22.3 Å². The van der Waals surface area contributed by atoms with Crippen molar-refractivity contribution in [3.8, 4) is 5.75 Å². The number of anilines is 4. The van der Waals surface area contributed by atoms with Gasteiger partial charge in [0.25, 0.3) is 0 Å². The molecule has 0 radical (unpaired) electrons. The summed E-state index contributed by atoms with van der Waals surface area (Å²) in [6.45, 7) is 1.73. The Morgan fingerprint density at radius 2 is 1.90 bits per heavy atom. The molecule has 0 saturated carbocycles. The van der Waals surface area contributed by atoms with E-state index in [4.69, 9.17) is 16.3 Å². The van der Waals surface area contributed by atoms with Gasteiger partial charge < -0.3 is 25.8 Å². The van der Waals surface area contributed by atoms with E-state index in [1.165, 1.54) is 16.1 Å². The minimum atomic E-state index is -3.66. The van der Waals surface area contributed by atoms with Crippen molar-refractivity contribution in [2.45, 2.75) is 49.5 Å². The summed E-state index contributed by atoms with van der Waals surface area (Å²) >= 11 is 6.44. The predicted octanol–water partition coefficient (Wildman–Crippen LogP) is 4.24. The van der Waals surface area contributed by atoms with Crippen LogP contribution in [0.3, 0.4) is 0 Å². The number of aliphatic hydroxyl groups is 1. The Labute approximate surface area is 240 Å². The van der Waals surface area contributed by atoms with Gasteiger partial charge in [0.15, 0.2) is 5.82 Å². The van der Waals surface area contributed by atoms with Crippen LogP contribution in [0.15, 0.2) is 47.5 Å². The van der Waals surface area contributed by atoms with Gasteiger partial charge in [-0.2, -0.15) is 9.29 Å². The highest BCUT2D eigenvalue weighted by atomic mass is 35.5. The predicted molar refractivity (Wildman–Crippen MR) is 157 cm³/mol. The number of aromatic nitrogens is 2. The van der Waals surface area contributed by atoms with Gasteiger partial charge in [-0.25, -0.2) is 13.4 Å². The molecule has 214 valence electrons. The minimum absolute atomic E-state index is 0.118. The van der Waals surface area contributed by atoms with Gasteiger partial charge in [0.1, 0.15) is 15.7 Å². The van der Waals surface area contributed by atoms with Gasteiger partial charge in [0.2, 0.25) is 16.0 Å². The third-order valence-electron chi connectivity index (χ3n) is 7.37. The number of sulfonamides is 1. The summed E-state index contributed by atoms with van der Waals surface area (Å²) in [5.74, 6) is 1.33. The Bertz CT molecular complexity index is 1450. The highest BCUT2D eigenvalue weighted by molar-refractivity contribution is 7.89. The van der Waals surface area contributed by atoms with Crippen molar-refractivity contribution in [2.24, 2.45) is 0 Å². The molecule has 1 fully saturated rings. The monoisotopic (exact) mass is 586 g/mol. The topological polar surface area (TPSA) is 129 Å². The molecule has 1 aliphatic heterocycles. The lowest BCUT2D eigenvalue weighted by atomic mass is 9.99. The first-order valence-electron chi connectivity index (χ1n) is 13.6. The molecule has 12 heteroatoms. The van der Waals surface area contributed by atoms with Gasteiger partial charge in [-0.1, -0.05) is 29.8 Å². The number of aliphatic hydroxyl groups excluding tert-OH is 1. The molecule has 0 amide bonds. The van der Waals surface area contributed by atoms with E-state index >= 15 is 0 Å². The molecule has 3 aromatic rings. The maximum atomic E-state index is 13.3. The average Bonchev–Trinajstić information content (AvgIpc) is 3.43. The van der Waals surface area contributed by atoms with Crippen LogP contribution < -0.4 is 20.7 Å². The van der Waals surface area contributed by atoms with Crippen LogP contribution >= 0.6 is 11.6 Å². The van der Waals surface area contributed by atoms with Crippen LogP contribution in [0.4, 0.5) is 23.1 Å². The number of fused-ring (bicyclic) bond motifs is 1. The Morgan fingerprint density at radius 1 is 1.10 bits per heavy atom. The SMILES string of the molecule is COc1c(Nc2ncc(Cl)c(Nc3ccccc3S(=O)(=O)N3CCCC3)n2)ccc2c1CCCC(NCCO)C2. The lowest BCUT2D eigenvalue weighted by molar-refractivity contribution is 0.281. The number of halogens is 1. The molecular formula is C28H35ClN6O4S. The number of ether oxygens (including phenoxy) is 1. The number of hydrogen-bond acceptors (Lipinski definition) is 9. The molecule has 2 aliphatic rings. The van der Waals surface area contributed by atoms with Crippen molar-refractivity contribution < 1.29 is 18.3 Å². The van der Waals surface area contributed by atoms with E-state index in [9.17, 15) is 13.5 Å². The number of rotatable bonds is 10. The van der Waals surface area contributed by atoms with E-state index in [2.05, 4.69) is 32.0 Å². The third kappa shape index (κ3) is 6.18. The summed E-state index contributed by atoms with van der Waals surface area (Å²) in [5.41, 5.74) is 3.49. The number of benzene rings is 2. The van der Waals surface area contributed by atoms with Crippen LogP contribution in [0.1, 0.15) is 36.8 Å². The lowest BCUT2D eigenvalue weighted by Crippen LogP contribution is -2.32. The zero-order valence-corrected chi connectivity index (χ0v) is 24.1. The van der Waals surface area contributed by atoms with Gasteiger partial charge in [0, 0.05) is 25.7 Å². The van der Waals surface area contributed by atoms with E-state index in [1.54, 1.807) is 31.4 Å². The van der Waals surface area contributed by atoms with Crippen LogP contribution in [0.25, 0.3) is 0 Å². The molecule has 4 N–H and O–H groups in total. The van der Waals surface area contributed by atoms with Crippen LogP contribution in [0.5, 0.6) is 5.75 Å². The number of para-hydroxylation sites is 1. The molecule has 5 rings (SSSR count). The minimum Gasteiger partial charge on any atom is -0.494 e. The first-order valence-corrected chi connectivity index (χ1v) is 15.4. The highest BCUT2D eigenvalue weighted by Crippen LogP contribution is 2.37. The second kappa shape index (κ2) is 12.7. The molecule has 0 spiro atoms. The third-order valence-corrected chi connectivity index (χ3v) is 9.60. The highest BCUT2D eigenvalue weighted by Gasteiger charge is 2.29. The molecular weight excluding hydrogens is 552 g/mol. The lowest BCUT2D eigenvalue weighted by Gasteiger charge is -2.20. The van der Waals surface area contributed by atoms with Crippen molar-refractivity contribution in [2.75, 3.05) is 44.0 Å². The van der Waals surface area contributed by atoms with E-state index < -0.39 is 10.0 Å². The van der Waals surface area contributed by atoms with E-state index in [0.29, 0.717) is 37.3 Å². The standard InChI is InChI=1S/C28H35ClN6O4S/c1-39-26-21-8-6-7-20(30-13-16-36)17-19(21)11-12-24(26)33-28-31-18-22(29)27(34-28)32-23-9-2-3-10-25(23)40(37,38)35-14-4-5-15-35/h2-3,9-12,18,20,30,36H,4-8,13-17H2,1H3,(H2,31,32,33,34). The van der Waals surface area contributed by atoms with Crippen LogP contribution in [0.2, 0.25) is 5.02 Å². The number of hydrogen-bond donors (Lipinski definition) is 4. The fraction of sp³-hybridized carbons (Fsp3) is 0.429. The van der Waals surface area contributed by atoms with Gasteiger partial charge in [-0.15, -0.1) is 0 Å². The first kappa shape index (κ1) is 28.6. The number of nitrogens with one attached hydrogen (secondary N) is 3. The summed E-state index contributed by atoms with van der Waals surface area (Å²) in [7, 11) is -2.00. The Hall–Kier alpha value is -2.96. The molecule has 2 aromatic carbocycles. The summed E-state index contributed by atoms with van der Waals surface area (Å²) in [6, 6.07) is 11.1. The number of methoxy groups -OCH3 is 1. The van der Waals surface area contributed by atoms with E-state index in [1.807, 2.05) is 6.07 Å². The Morgan fingerprint density at radius 3 is 2.67 bits per heavy atom. The van der Waals surface area contributed by atoms with Crippen LogP contribution in [-0.4, -0.2) is 67.2 Å². The van der Waals surface area contributed by atoms with Gasteiger partial charge in [-0.05, 0) is 67.9 Å². The van der Waals surface area contributed by atoms with Gasteiger partial charge >= 0.3 is 0 Å². The quantitative estimate of drug-likeness (QED) is 0.258. The summed E-state index contributed by atoms with van der Waals surface area (Å²) < 4.78 is 34.0. The van der Waals surface area contributed by atoms with Crippen molar-refractivity contribution in [1.82, 2.24) is 19.6 Å². The van der Waals surface area contributed by atoms with Crippen LogP contribution in [0, 0.1) is 0 Å². The van der Waals surface area contributed by atoms with Crippen molar-refractivity contribution in [1.29, 1.82) is 0 Å².